The first-order valence-electron chi connectivity index (χ1n) is 10.5. The predicted octanol–water partition coefficient (Wildman–Crippen LogP) is 3.97. The fraction of sp³-hybridized carbons (Fsp3) is 0.696. The number of esters is 1. The lowest BCUT2D eigenvalue weighted by Gasteiger charge is -2.64. The summed E-state index contributed by atoms with van der Waals surface area (Å²) in [5.41, 5.74) is 1.29. The Kier molecular flexibility index (Phi) is 3.55. The number of cyclic esters (lactones) is 1. The van der Waals surface area contributed by atoms with E-state index in [0.29, 0.717) is 29.6 Å². The summed E-state index contributed by atoms with van der Waals surface area (Å²) in [6, 6.07) is 1.55. The van der Waals surface area contributed by atoms with Gasteiger partial charge in [0.2, 0.25) is 0 Å². The van der Waals surface area contributed by atoms with Crippen LogP contribution in [0.5, 0.6) is 11.5 Å². The Morgan fingerprint density at radius 1 is 1.14 bits per heavy atom. The third-order valence-corrected chi connectivity index (χ3v) is 8.87. The summed E-state index contributed by atoms with van der Waals surface area (Å²) in [7, 11) is 0. The summed E-state index contributed by atoms with van der Waals surface area (Å²) in [6.45, 7) is 9.17. The zero-order valence-corrected chi connectivity index (χ0v) is 17.2. The number of aliphatic hydroxyl groups excluding tert-OH is 1. The van der Waals surface area contributed by atoms with Gasteiger partial charge in [0.1, 0.15) is 23.7 Å². The van der Waals surface area contributed by atoms with Gasteiger partial charge in [-0.05, 0) is 49.0 Å². The Bertz CT molecular complexity index is 874. The molecule has 2 N–H and O–H groups in total. The summed E-state index contributed by atoms with van der Waals surface area (Å²) >= 11 is 0. The fourth-order valence-electron chi connectivity index (χ4n) is 7.09. The van der Waals surface area contributed by atoms with E-state index in [1.54, 1.807) is 6.07 Å². The van der Waals surface area contributed by atoms with E-state index in [9.17, 15) is 15.0 Å². The van der Waals surface area contributed by atoms with Crippen molar-refractivity contribution < 1.29 is 24.5 Å². The van der Waals surface area contributed by atoms with E-state index < -0.39 is 5.60 Å². The Morgan fingerprint density at radius 2 is 1.89 bits per heavy atom. The molecule has 2 heterocycles. The number of phenolic OH excluding ortho intramolecular Hbond substituents is 1. The molecule has 4 aliphatic rings. The van der Waals surface area contributed by atoms with Gasteiger partial charge in [0.25, 0.3) is 0 Å². The minimum absolute atomic E-state index is 0.116. The second-order valence-electron chi connectivity index (χ2n) is 10.3. The van der Waals surface area contributed by atoms with E-state index in [2.05, 4.69) is 27.7 Å². The maximum atomic E-state index is 12.0. The molecule has 5 heteroatoms. The average molecular weight is 386 g/mol. The molecule has 1 spiro atoms. The molecule has 5 atom stereocenters. The van der Waals surface area contributed by atoms with Gasteiger partial charge in [-0.3, -0.25) is 0 Å². The van der Waals surface area contributed by atoms with Crippen LogP contribution in [0.2, 0.25) is 0 Å². The third kappa shape index (κ3) is 1.99. The van der Waals surface area contributed by atoms with E-state index in [0.717, 1.165) is 36.8 Å². The molecule has 28 heavy (non-hydrogen) atoms. The zero-order chi connectivity index (χ0) is 20.1. The molecular weight excluding hydrogens is 356 g/mol. The fourth-order valence-corrected chi connectivity index (χ4v) is 7.09. The lowest BCUT2D eigenvalue weighted by atomic mass is 9.43. The summed E-state index contributed by atoms with van der Waals surface area (Å²) in [6.07, 6.45) is 4.12. The quantitative estimate of drug-likeness (QED) is 0.660. The van der Waals surface area contributed by atoms with E-state index in [1.165, 1.54) is 0 Å². The van der Waals surface area contributed by atoms with Crippen molar-refractivity contribution in [3.63, 3.8) is 0 Å². The van der Waals surface area contributed by atoms with Crippen molar-refractivity contribution in [2.24, 2.45) is 22.7 Å². The molecule has 2 aliphatic heterocycles. The Balaban J connectivity index is 1.65. The highest BCUT2D eigenvalue weighted by Gasteiger charge is 2.67. The van der Waals surface area contributed by atoms with Crippen LogP contribution >= 0.6 is 0 Å². The van der Waals surface area contributed by atoms with Crippen molar-refractivity contribution in [2.45, 2.75) is 78.1 Å². The standard InChI is InChI=1S/C23H30O5/c1-12-5-6-17-21(2,3)18(25)7-8-22(17,4)23(12)10-14-16(24)9-13-15(19(14)28-23)11-27-20(13)26/h9,12,17-18,24-25H,5-8,10-11H2,1-4H3/t12-,17+,18-,22+,23-/m1/s1. The predicted molar refractivity (Wildman–Crippen MR) is 103 cm³/mol. The van der Waals surface area contributed by atoms with Crippen molar-refractivity contribution in [1.29, 1.82) is 0 Å². The van der Waals surface area contributed by atoms with E-state index in [-0.39, 0.29) is 35.3 Å². The van der Waals surface area contributed by atoms with Crippen LogP contribution < -0.4 is 4.74 Å². The molecule has 2 fully saturated rings. The van der Waals surface area contributed by atoms with Gasteiger partial charge in [-0.1, -0.05) is 27.7 Å². The molecular formula is C23H30O5. The van der Waals surface area contributed by atoms with Crippen LogP contribution in [-0.2, 0) is 17.8 Å². The number of hydrogen-bond donors (Lipinski definition) is 2. The van der Waals surface area contributed by atoms with Crippen LogP contribution in [0.15, 0.2) is 6.07 Å². The molecule has 152 valence electrons. The van der Waals surface area contributed by atoms with Crippen LogP contribution in [-0.4, -0.2) is 27.9 Å². The number of carbonyl (C=O) groups excluding carboxylic acids is 1. The second-order valence-corrected chi connectivity index (χ2v) is 10.3. The molecule has 0 radical (unpaired) electrons. The molecule has 0 amide bonds. The summed E-state index contributed by atoms with van der Waals surface area (Å²) in [5.74, 6) is 1.07. The lowest BCUT2D eigenvalue weighted by Crippen LogP contribution is -2.66. The number of fused-ring (bicyclic) bond motifs is 5. The Hall–Kier alpha value is -1.75. The maximum Gasteiger partial charge on any atom is 0.339 e. The number of rotatable bonds is 0. The second kappa shape index (κ2) is 5.44. The molecule has 0 unspecified atom stereocenters. The highest BCUT2D eigenvalue weighted by Crippen LogP contribution is 2.67. The number of ether oxygens (including phenoxy) is 2. The number of aromatic hydroxyl groups is 1. The molecule has 0 bridgehead atoms. The smallest absolute Gasteiger partial charge is 0.339 e. The highest BCUT2D eigenvalue weighted by atomic mass is 16.5. The first-order chi connectivity index (χ1) is 13.1. The number of aliphatic hydroxyl groups is 1. The van der Waals surface area contributed by atoms with Gasteiger partial charge in [-0.25, -0.2) is 4.79 Å². The van der Waals surface area contributed by atoms with Crippen molar-refractivity contribution in [3.05, 3.63) is 22.8 Å². The number of carbonyl (C=O) groups is 1. The van der Waals surface area contributed by atoms with Crippen LogP contribution in [0.3, 0.4) is 0 Å². The van der Waals surface area contributed by atoms with Crippen molar-refractivity contribution in [3.8, 4) is 11.5 Å². The van der Waals surface area contributed by atoms with Gasteiger partial charge in [-0.2, -0.15) is 0 Å². The molecule has 0 saturated heterocycles. The summed E-state index contributed by atoms with van der Waals surface area (Å²) in [5, 5.41) is 21.4. The SMILES string of the molecule is C[C@@H]1CC[C@H]2C(C)(C)[C@H](O)CC[C@]2(C)[C@@]12Cc1c(O)cc3c(c1O2)COC3=O. The number of hydrogen-bond acceptors (Lipinski definition) is 5. The molecule has 5 nitrogen and oxygen atoms in total. The van der Waals surface area contributed by atoms with Crippen LogP contribution in [0.4, 0.5) is 0 Å². The van der Waals surface area contributed by atoms with E-state index in [1.807, 2.05) is 0 Å². The lowest BCUT2D eigenvalue weighted by molar-refractivity contribution is -0.210. The minimum atomic E-state index is -0.437. The van der Waals surface area contributed by atoms with Crippen LogP contribution in [0, 0.1) is 22.7 Å². The largest absolute Gasteiger partial charge is 0.508 e. The highest BCUT2D eigenvalue weighted by molar-refractivity contribution is 5.95. The third-order valence-electron chi connectivity index (χ3n) is 8.87. The van der Waals surface area contributed by atoms with E-state index in [4.69, 9.17) is 9.47 Å². The average Bonchev–Trinajstić information content (AvgIpc) is 3.20. The van der Waals surface area contributed by atoms with Gasteiger partial charge in [0.05, 0.1) is 11.7 Å². The summed E-state index contributed by atoms with van der Waals surface area (Å²) < 4.78 is 12.1. The van der Waals surface area contributed by atoms with Gasteiger partial charge >= 0.3 is 5.97 Å². The number of benzene rings is 1. The normalized spacial score (nSPS) is 40.5. The van der Waals surface area contributed by atoms with Crippen LogP contribution in [0.1, 0.15) is 74.9 Å². The first-order valence-corrected chi connectivity index (χ1v) is 10.5. The number of phenols is 1. The molecule has 0 aromatic heterocycles. The van der Waals surface area contributed by atoms with Crippen molar-refractivity contribution >= 4 is 5.97 Å². The molecule has 1 aromatic carbocycles. The molecule has 2 aliphatic carbocycles. The Labute approximate surface area is 166 Å². The van der Waals surface area contributed by atoms with Crippen molar-refractivity contribution in [1.82, 2.24) is 0 Å². The minimum Gasteiger partial charge on any atom is -0.508 e. The zero-order valence-electron chi connectivity index (χ0n) is 17.2. The Morgan fingerprint density at radius 3 is 2.64 bits per heavy atom. The van der Waals surface area contributed by atoms with E-state index >= 15 is 0 Å². The van der Waals surface area contributed by atoms with Gasteiger partial charge in [0.15, 0.2) is 0 Å². The maximum absolute atomic E-state index is 12.0. The molecule has 2 saturated carbocycles. The molecule has 5 rings (SSSR count). The van der Waals surface area contributed by atoms with Gasteiger partial charge in [0, 0.05) is 23.0 Å². The summed E-state index contributed by atoms with van der Waals surface area (Å²) in [4.78, 5) is 12.0. The topological polar surface area (TPSA) is 76.0 Å². The van der Waals surface area contributed by atoms with Gasteiger partial charge < -0.3 is 19.7 Å². The van der Waals surface area contributed by atoms with Gasteiger partial charge in [-0.15, -0.1) is 0 Å². The molecule has 1 aromatic rings. The van der Waals surface area contributed by atoms with Crippen molar-refractivity contribution in [2.75, 3.05) is 0 Å². The van der Waals surface area contributed by atoms with Crippen LogP contribution in [0.25, 0.3) is 0 Å². The monoisotopic (exact) mass is 386 g/mol. The first kappa shape index (κ1) is 18.3.